The number of carbonyl (C=O) groups excluding carboxylic acids is 2. The number of amides is 2. The maximum absolute atomic E-state index is 13.5. The first kappa shape index (κ1) is 21.8. The molecule has 2 aliphatic heterocycles. The third kappa shape index (κ3) is 4.90. The summed E-state index contributed by atoms with van der Waals surface area (Å²) in [6.45, 7) is 2.51. The van der Waals surface area contributed by atoms with Gasteiger partial charge in [0, 0.05) is 44.1 Å². The van der Waals surface area contributed by atoms with Gasteiger partial charge in [-0.1, -0.05) is 0 Å². The highest BCUT2D eigenvalue weighted by molar-refractivity contribution is 5.99. The lowest BCUT2D eigenvalue weighted by atomic mass is 10.1. The van der Waals surface area contributed by atoms with Crippen molar-refractivity contribution in [2.75, 3.05) is 42.2 Å². The van der Waals surface area contributed by atoms with Gasteiger partial charge in [-0.2, -0.15) is 18.2 Å². The van der Waals surface area contributed by atoms with Crippen LogP contribution in [-0.2, 0) is 26.9 Å². The Labute approximate surface area is 181 Å². The average molecular weight is 450 g/mol. The molecule has 12 heteroatoms. The van der Waals surface area contributed by atoms with Crippen molar-refractivity contribution in [2.24, 2.45) is 0 Å². The number of morpholine rings is 1. The molecule has 0 aliphatic carbocycles. The number of nitrogens with one attached hydrogen (secondary N) is 3. The minimum absolute atomic E-state index is 0.0346. The van der Waals surface area contributed by atoms with E-state index in [4.69, 9.17) is 4.74 Å². The highest BCUT2D eigenvalue weighted by Gasteiger charge is 2.35. The molecule has 2 amide bonds. The van der Waals surface area contributed by atoms with E-state index in [-0.39, 0.29) is 37.3 Å². The second-order valence-electron chi connectivity index (χ2n) is 7.51. The standard InChI is InChI=1S/C20H21F3N6O3/c1-11(30)29-4-5-32-14(10-29)8-24-18-15(20(21,22)23)9-25-19(28-18)26-13-2-3-16-12(6-13)7-17(31)27-16/h2-3,6,9,14H,4-5,7-8,10H2,1H3,(H,27,31)(H2,24,25,26,28). The molecular formula is C20H21F3N6O3. The molecule has 2 aliphatic rings. The summed E-state index contributed by atoms with van der Waals surface area (Å²) in [4.78, 5) is 32.4. The topological polar surface area (TPSA) is 108 Å². The second-order valence-corrected chi connectivity index (χ2v) is 7.51. The largest absolute Gasteiger partial charge is 0.421 e. The van der Waals surface area contributed by atoms with Gasteiger partial charge >= 0.3 is 6.18 Å². The van der Waals surface area contributed by atoms with Gasteiger partial charge in [0.2, 0.25) is 17.8 Å². The van der Waals surface area contributed by atoms with Crippen LogP contribution >= 0.6 is 0 Å². The van der Waals surface area contributed by atoms with E-state index >= 15 is 0 Å². The van der Waals surface area contributed by atoms with Crippen molar-refractivity contribution in [3.8, 4) is 0 Å². The zero-order valence-electron chi connectivity index (χ0n) is 17.1. The molecule has 0 bridgehead atoms. The molecule has 4 rings (SSSR count). The predicted octanol–water partition coefficient (Wildman–Crippen LogP) is 2.39. The molecule has 1 aromatic carbocycles. The highest BCUT2D eigenvalue weighted by atomic mass is 19.4. The SMILES string of the molecule is CC(=O)N1CCOC(CNc2nc(Nc3ccc4c(c3)CC(=O)N4)ncc2C(F)(F)F)C1. The monoisotopic (exact) mass is 450 g/mol. The molecule has 0 saturated carbocycles. The van der Waals surface area contributed by atoms with E-state index in [1.165, 1.54) is 6.92 Å². The maximum atomic E-state index is 13.5. The van der Waals surface area contributed by atoms with Gasteiger partial charge < -0.3 is 25.6 Å². The number of hydrogen-bond donors (Lipinski definition) is 3. The first-order valence-electron chi connectivity index (χ1n) is 9.94. The van der Waals surface area contributed by atoms with E-state index in [2.05, 4.69) is 25.9 Å². The van der Waals surface area contributed by atoms with E-state index in [1.807, 2.05) is 0 Å². The van der Waals surface area contributed by atoms with Gasteiger partial charge in [-0.25, -0.2) is 4.98 Å². The van der Waals surface area contributed by atoms with Crippen molar-refractivity contribution in [2.45, 2.75) is 25.6 Å². The minimum Gasteiger partial charge on any atom is -0.373 e. The molecule has 32 heavy (non-hydrogen) atoms. The molecule has 1 aromatic heterocycles. The van der Waals surface area contributed by atoms with Crippen LogP contribution in [0.4, 0.5) is 36.3 Å². The van der Waals surface area contributed by atoms with Gasteiger partial charge in [-0.15, -0.1) is 0 Å². The van der Waals surface area contributed by atoms with Gasteiger partial charge in [-0.05, 0) is 23.8 Å². The summed E-state index contributed by atoms with van der Waals surface area (Å²) < 4.78 is 45.9. The fourth-order valence-corrected chi connectivity index (χ4v) is 3.56. The van der Waals surface area contributed by atoms with Gasteiger partial charge in [0.05, 0.1) is 19.1 Å². The Hall–Kier alpha value is -3.41. The molecule has 170 valence electrons. The van der Waals surface area contributed by atoms with Crippen LogP contribution in [0, 0.1) is 0 Å². The Morgan fingerprint density at radius 2 is 2.19 bits per heavy atom. The number of anilines is 4. The van der Waals surface area contributed by atoms with Crippen LogP contribution in [0.3, 0.4) is 0 Å². The Morgan fingerprint density at radius 1 is 1.38 bits per heavy atom. The van der Waals surface area contributed by atoms with Gasteiger partial charge in [0.1, 0.15) is 11.4 Å². The molecular weight excluding hydrogens is 429 g/mol. The Kier molecular flexibility index (Phi) is 5.87. The number of benzene rings is 1. The van der Waals surface area contributed by atoms with Crippen molar-refractivity contribution in [3.63, 3.8) is 0 Å². The molecule has 1 fully saturated rings. The summed E-state index contributed by atoms with van der Waals surface area (Å²) in [6.07, 6.45) is -4.19. The number of nitrogens with zero attached hydrogens (tertiary/aromatic N) is 3. The van der Waals surface area contributed by atoms with E-state index in [0.29, 0.717) is 30.7 Å². The number of aromatic nitrogens is 2. The summed E-state index contributed by atoms with van der Waals surface area (Å²) >= 11 is 0. The van der Waals surface area contributed by atoms with Gasteiger partial charge in [0.25, 0.3) is 0 Å². The fourth-order valence-electron chi connectivity index (χ4n) is 3.56. The van der Waals surface area contributed by atoms with Crippen molar-refractivity contribution in [1.29, 1.82) is 0 Å². The van der Waals surface area contributed by atoms with E-state index < -0.39 is 23.7 Å². The zero-order valence-corrected chi connectivity index (χ0v) is 17.1. The lowest BCUT2D eigenvalue weighted by molar-refractivity contribution is -0.137. The van der Waals surface area contributed by atoms with E-state index in [1.54, 1.807) is 23.1 Å². The first-order valence-corrected chi connectivity index (χ1v) is 9.94. The number of fused-ring (bicyclic) bond motifs is 1. The second kappa shape index (κ2) is 8.61. The lowest BCUT2D eigenvalue weighted by Crippen LogP contribution is -2.47. The maximum Gasteiger partial charge on any atom is 0.421 e. The van der Waals surface area contributed by atoms with Crippen LogP contribution in [0.15, 0.2) is 24.4 Å². The average Bonchev–Trinajstić information content (AvgIpc) is 3.11. The summed E-state index contributed by atoms with van der Waals surface area (Å²) in [5, 5.41) is 8.28. The van der Waals surface area contributed by atoms with E-state index in [0.717, 1.165) is 5.56 Å². The van der Waals surface area contributed by atoms with Gasteiger partial charge in [-0.3, -0.25) is 9.59 Å². The molecule has 3 N–H and O–H groups in total. The normalized spacial score (nSPS) is 18.2. The molecule has 1 saturated heterocycles. The third-order valence-corrected chi connectivity index (χ3v) is 5.16. The quantitative estimate of drug-likeness (QED) is 0.642. The van der Waals surface area contributed by atoms with Gasteiger partial charge in [0.15, 0.2) is 0 Å². The molecule has 3 heterocycles. The highest BCUT2D eigenvalue weighted by Crippen LogP contribution is 2.34. The van der Waals surface area contributed by atoms with Crippen LogP contribution in [0.2, 0.25) is 0 Å². The number of halogens is 3. The van der Waals surface area contributed by atoms with Crippen molar-refractivity contribution in [1.82, 2.24) is 14.9 Å². The molecule has 9 nitrogen and oxygen atoms in total. The number of rotatable bonds is 5. The molecule has 1 unspecified atom stereocenters. The summed E-state index contributed by atoms with van der Waals surface area (Å²) in [6, 6.07) is 5.09. The first-order chi connectivity index (χ1) is 15.2. The summed E-state index contributed by atoms with van der Waals surface area (Å²) in [5.41, 5.74) is 1.00. The van der Waals surface area contributed by atoms with Crippen LogP contribution < -0.4 is 16.0 Å². The molecule has 0 radical (unpaired) electrons. The molecule has 2 aromatic rings. The Morgan fingerprint density at radius 3 is 2.94 bits per heavy atom. The predicted molar refractivity (Wildman–Crippen MR) is 110 cm³/mol. The minimum atomic E-state index is -4.65. The smallest absolute Gasteiger partial charge is 0.373 e. The lowest BCUT2D eigenvalue weighted by Gasteiger charge is -2.32. The Balaban J connectivity index is 1.51. The zero-order chi connectivity index (χ0) is 22.9. The van der Waals surface area contributed by atoms with Crippen molar-refractivity contribution < 1.29 is 27.5 Å². The number of alkyl halides is 3. The number of hydrogen-bond acceptors (Lipinski definition) is 7. The summed E-state index contributed by atoms with van der Waals surface area (Å²) in [7, 11) is 0. The number of carbonyl (C=O) groups is 2. The van der Waals surface area contributed by atoms with Crippen molar-refractivity contribution in [3.05, 3.63) is 35.5 Å². The van der Waals surface area contributed by atoms with Crippen LogP contribution in [0.25, 0.3) is 0 Å². The molecule has 1 atom stereocenters. The van der Waals surface area contributed by atoms with Crippen LogP contribution in [-0.4, -0.2) is 59.0 Å². The third-order valence-electron chi connectivity index (χ3n) is 5.16. The number of ether oxygens (including phenoxy) is 1. The summed E-state index contributed by atoms with van der Waals surface area (Å²) in [5.74, 6) is -0.666. The molecule has 0 spiro atoms. The van der Waals surface area contributed by atoms with E-state index in [9.17, 15) is 22.8 Å². The fraction of sp³-hybridized carbons (Fsp3) is 0.400. The van der Waals surface area contributed by atoms with Crippen molar-refractivity contribution >= 4 is 35.0 Å². The van der Waals surface area contributed by atoms with Crippen LogP contribution in [0.1, 0.15) is 18.1 Å². The Bertz CT molecular complexity index is 1050. The van der Waals surface area contributed by atoms with Crippen LogP contribution in [0.5, 0.6) is 0 Å².